The molecule has 6 nitrogen and oxygen atoms in total. The normalized spacial score (nSPS) is 16.1. The van der Waals surface area contributed by atoms with Gasteiger partial charge in [0.05, 0.1) is 5.69 Å². The number of carbonyl (C=O) groups is 1. The first-order chi connectivity index (χ1) is 9.71. The van der Waals surface area contributed by atoms with Crippen molar-refractivity contribution in [3.8, 4) is 0 Å². The molecule has 2 rings (SSSR count). The van der Waals surface area contributed by atoms with E-state index in [0.29, 0.717) is 5.00 Å². The summed E-state index contributed by atoms with van der Waals surface area (Å²) in [6.07, 6.45) is 5.41. The van der Waals surface area contributed by atoms with Crippen molar-refractivity contribution in [1.82, 2.24) is 4.90 Å². The van der Waals surface area contributed by atoms with Crippen LogP contribution in [-0.4, -0.2) is 45.6 Å². The minimum absolute atomic E-state index is 0.0571. The zero-order valence-electron chi connectivity index (χ0n) is 12.5. The predicted molar refractivity (Wildman–Crippen MR) is 85.7 cm³/mol. The van der Waals surface area contributed by atoms with Crippen LogP contribution in [-0.2, 0) is 9.84 Å². The molecule has 0 radical (unpaired) electrons. The Labute approximate surface area is 129 Å². The molecule has 3 N–H and O–H groups in total. The lowest BCUT2D eigenvalue weighted by atomic mass is 10.2. The summed E-state index contributed by atoms with van der Waals surface area (Å²) in [7, 11) is -0.259. The fraction of sp³-hybridized carbons (Fsp3) is 0.615. The summed E-state index contributed by atoms with van der Waals surface area (Å²) in [6.45, 7) is 0. The maximum absolute atomic E-state index is 12.1. The van der Waals surface area contributed by atoms with E-state index in [-0.39, 0.29) is 27.4 Å². The molecule has 0 saturated heterocycles. The molecule has 1 aliphatic carbocycles. The Hall–Kier alpha value is -1.28. The molecule has 21 heavy (non-hydrogen) atoms. The monoisotopic (exact) mass is 331 g/mol. The molecule has 0 atom stereocenters. The van der Waals surface area contributed by atoms with Crippen molar-refractivity contribution >= 4 is 37.8 Å². The Bertz CT molecular complexity index is 644. The van der Waals surface area contributed by atoms with E-state index in [1.807, 2.05) is 0 Å². The number of nitrogen functional groups attached to an aromatic ring is 1. The molecule has 1 saturated carbocycles. The van der Waals surface area contributed by atoms with Gasteiger partial charge in [0, 0.05) is 26.4 Å². The van der Waals surface area contributed by atoms with Crippen molar-refractivity contribution < 1.29 is 13.2 Å². The predicted octanol–water partition coefficient (Wildman–Crippen LogP) is 1.79. The summed E-state index contributed by atoms with van der Waals surface area (Å²) < 4.78 is 24.0. The first kappa shape index (κ1) is 16.1. The van der Waals surface area contributed by atoms with Gasteiger partial charge >= 0.3 is 0 Å². The van der Waals surface area contributed by atoms with Crippen molar-refractivity contribution in [2.24, 2.45) is 0 Å². The standard InChI is InChI=1S/C13H21N3O3S2/c1-16(2)13(17)10-9(14)11(21(3,18)19)12(20-10)15-8-6-4-5-7-8/h8,15H,4-7,14H2,1-3H3. The van der Waals surface area contributed by atoms with Crippen LogP contribution in [0.5, 0.6) is 0 Å². The van der Waals surface area contributed by atoms with E-state index >= 15 is 0 Å². The third-order valence-corrected chi connectivity index (χ3v) is 5.98. The molecular formula is C13H21N3O3S2. The van der Waals surface area contributed by atoms with Crippen molar-refractivity contribution in [2.75, 3.05) is 31.4 Å². The van der Waals surface area contributed by atoms with Gasteiger partial charge in [0.1, 0.15) is 14.8 Å². The van der Waals surface area contributed by atoms with Gasteiger partial charge in [-0.05, 0) is 12.8 Å². The van der Waals surface area contributed by atoms with Crippen molar-refractivity contribution in [1.29, 1.82) is 0 Å². The molecule has 1 aliphatic rings. The first-order valence-electron chi connectivity index (χ1n) is 6.82. The van der Waals surface area contributed by atoms with Crippen LogP contribution in [0.3, 0.4) is 0 Å². The molecule has 1 heterocycles. The van der Waals surface area contributed by atoms with E-state index in [2.05, 4.69) is 5.32 Å². The third-order valence-electron chi connectivity index (χ3n) is 3.56. The number of nitrogens with two attached hydrogens (primary N) is 1. The molecule has 0 aromatic carbocycles. The third kappa shape index (κ3) is 3.32. The summed E-state index contributed by atoms with van der Waals surface area (Å²) in [5, 5.41) is 3.75. The topological polar surface area (TPSA) is 92.5 Å². The second-order valence-electron chi connectivity index (χ2n) is 5.60. The molecule has 1 amide bonds. The molecule has 1 fully saturated rings. The molecular weight excluding hydrogens is 310 g/mol. The maximum Gasteiger partial charge on any atom is 0.265 e. The number of hydrogen-bond donors (Lipinski definition) is 2. The van der Waals surface area contributed by atoms with Crippen molar-refractivity contribution in [2.45, 2.75) is 36.6 Å². The highest BCUT2D eigenvalue weighted by Gasteiger charge is 2.29. The molecule has 1 aromatic heterocycles. The van der Waals surface area contributed by atoms with E-state index in [0.717, 1.165) is 43.3 Å². The van der Waals surface area contributed by atoms with Crippen LogP contribution in [0.2, 0.25) is 0 Å². The van der Waals surface area contributed by atoms with Crippen LogP contribution in [0.1, 0.15) is 35.4 Å². The van der Waals surface area contributed by atoms with Gasteiger partial charge in [-0.3, -0.25) is 4.79 Å². The Morgan fingerprint density at radius 1 is 1.33 bits per heavy atom. The summed E-state index contributed by atoms with van der Waals surface area (Å²) in [5.74, 6) is -0.276. The second kappa shape index (κ2) is 5.84. The zero-order valence-corrected chi connectivity index (χ0v) is 14.1. The summed E-state index contributed by atoms with van der Waals surface area (Å²) in [6, 6.07) is 0.255. The fourth-order valence-corrected chi connectivity index (χ4v) is 5.16. The highest BCUT2D eigenvalue weighted by molar-refractivity contribution is 7.91. The number of anilines is 2. The van der Waals surface area contributed by atoms with E-state index < -0.39 is 9.84 Å². The largest absolute Gasteiger partial charge is 0.396 e. The Morgan fingerprint density at radius 3 is 2.38 bits per heavy atom. The van der Waals surface area contributed by atoms with E-state index in [1.54, 1.807) is 14.1 Å². The smallest absolute Gasteiger partial charge is 0.265 e. The Morgan fingerprint density at radius 2 is 1.90 bits per heavy atom. The van der Waals surface area contributed by atoms with E-state index in [9.17, 15) is 13.2 Å². The lowest BCUT2D eigenvalue weighted by Crippen LogP contribution is -2.21. The van der Waals surface area contributed by atoms with Crippen LogP contribution in [0.25, 0.3) is 0 Å². The minimum Gasteiger partial charge on any atom is -0.396 e. The molecule has 8 heteroatoms. The lowest BCUT2D eigenvalue weighted by molar-refractivity contribution is 0.0833. The quantitative estimate of drug-likeness (QED) is 0.877. The summed E-state index contributed by atoms with van der Waals surface area (Å²) in [4.78, 5) is 13.9. The number of sulfone groups is 1. The SMILES string of the molecule is CN(C)C(=O)c1sc(NC2CCCC2)c(S(C)(=O)=O)c1N. The van der Waals surface area contributed by atoms with E-state index in [1.165, 1.54) is 4.90 Å². The molecule has 0 aliphatic heterocycles. The number of amides is 1. The van der Waals surface area contributed by atoms with Gasteiger partial charge in [-0.15, -0.1) is 11.3 Å². The second-order valence-corrected chi connectivity index (χ2v) is 8.57. The Kier molecular flexibility index (Phi) is 4.48. The molecule has 0 bridgehead atoms. The van der Waals surface area contributed by atoms with Crippen LogP contribution in [0.4, 0.5) is 10.7 Å². The highest BCUT2D eigenvalue weighted by atomic mass is 32.2. The van der Waals surface area contributed by atoms with Gasteiger partial charge in [-0.25, -0.2) is 8.42 Å². The van der Waals surface area contributed by atoms with Gasteiger partial charge in [0.25, 0.3) is 5.91 Å². The number of nitrogens with one attached hydrogen (secondary N) is 1. The average Bonchev–Trinajstić information content (AvgIpc) is 2.95. The van der Waals surface area contributed by atoms with Crippen LogP contribution in [0.15, 0.2) is 4.90 Å². The minimum atomic E-state index is -3.49. The summed E-state index contributed by atoms with van der Waals surface area (Å²) >= 11 is 1.13. The van der Waals surface area contributed by atoms with Crippen molar-refractivity contribution in [3.63, 3.8) is 0 Å². The van der Waals surface area contributed by atoms with Crippen LogP contribution in [0, 0.1) is 0 Å². The highest BCUT2D eigenvalue weighted by Crippen LogP contribution is 2.41. The zero-order chi connectivity index (χ0) is 15.8. The molecule has 0 unspecified atom stereocenters. The van der Waals surface area contributed by atoms with E-state index in [4.69, 9.17) is 5.73 Å². The van der Waals surface area contributed by atoms with Crippen molar-refractivity contribution in [3.05, 3.63) is 4.88 Å². The van der Waals surface area contributed by atoms with Gasteiger partial charge in [0.2, 0.25) is 0 Å². The molecule has 118 valence electrons. The lowest BCUT2D eigenvalue weighted by Gasteiger charge is -2.13. The number of rotatable bonds is 4. The fourth-order valence-electron chi connectivity index (χ4n) is 2.51. The van der Waals surface area contributed by atoms with Gasteiger partial charge in [0.15, 0.2) is 9.84 Å². The van der Waals surface area contributed by atoms with Crippen LogP contribution < -0.4 is 11.1 Å². The number of nitrogens with zero attached hydrogens (tertiary/aromatic N) is 1. The van der Waals surface area contributed by atoms with Gasteiger partial charge < -0.3 is 16.0 Å². The van der Waals surface area contributed by atoms with Crippen LogP contribution >= 0.6 is 11.3 Å². The maximum atomic E-state index is 12.1. The number of carbonyl (C=O) groups excluding carboxylic acids is 1. The Balaban J connectivity index is 2.47. The summed E-state index contributed by atoms with van der Waals surface area (Å²) in [5.41, 5.74) is 6.00. The average molecular weight is 331 g/mol. The first-order valence-corrected chi connectivity index (χ1v) is 9.53. The number of thiophene rings is 1. The molecule has 0 spiro atoms. The van der Waals surface area contributed by atoms with Gasteiger partial charge in [-0.2, -0.15) is 0 Å². The van der Waals surface area contributed by atoms with Gasteiger partial charge in [-0.1, -0.05) is 12.8 Å². The number of hydrogen-bond acceptors (Lipinski definition) is 6. The molecule has 1 aromatic rings.